The number of nitrogens with zero attached hydrogens (tertiary/aromatic N) is 2. The van der Waals surface area contributed by atoms with Crippen molar-refractivity contribution in [1.82, 2.24) is 10.0 Å². The minimum Gasteiger partial charge on any atom is -0.448 e. The summed E-state index contributed by atoms with van der Waals surface area (Å²) in [6.45, 7) is 6.03. The molecule has 0 saturated carbocycles. The molecule has 128 valence electrons. The number of unbranched alkanes of at least 4 members (excludes halogenated alkanes) is 4. The highest BCUT2D eigenvalue weighted by molar-refractivity contribution is 5.74. The molecule has 0 aromatic carbocycles. The van der Waals surface area contributed by atoms with Crippen LogP contribution in [0.15, 0.2) is 0 Å². The van der Waals surface area contributed by atoms with E-state index in [1.807, 2.05) is 0 Å². The van der Waals surface area contributed by atoms with Crippen LogP contribution in [0, 0.1) is 0 Å². The quantitative estimate of drug-likeness (QED) is 0.636. The van der Waals surface area contributed by atoms with Crippen LogP contribution in [0.3, 0.4) is 0 Å². The van der Waals surface area contributed by atoms with Crippen LogP contribution in [0.25, 0.3) is 0 Å². The average molecular weight is 314 g/mol. The predicted molar refractivity (Wildman–Crippen MR) is 84.4 cm³/mol. The van der Waals surface area contributed by atoms with Crippen LogP contribution in [0.2, 0.25) is 0 Å². The van der Waals surface area contributed by atoms with Crippen molar-refractivity contribution in [3.8, 4) is 0 Å². The fourth-order valence-corrected chi connectivity index (χ4v) is 2.32. The first-order valence-corrected chi connectivity index (χ1v) is 8.59. The highest BCUT2D eigenvalue weighted by Crippen LogP contribution is 2.14. The van der Waals surface area contributed by atoms with Gasteiger partial charge in [0, 0.05) is 13.1 Å². The van der Waals surface area contributed by atoms with Gasteiger partial charge in [-0.25, -0.2) is 19.6 Å². The molecule has 0 radical (unpaired) electrons. The van der Waals surface area contributed by atoms with E-state index in [-0.39, 0.29) is 0 Å². The molecule has 1 saturated heterocycles. The van der Waals surface area contributed by atoms with Gasteiger partial charge in [-0.1, -0.05) is 39.5 Å². The molecule has 6 heteroatoms. The van der Waals surface area contributed by atoms with E-state index in [1.54, 1.807) is 0 Å². The molecule has 0 unspecified atom stereocenters. The fourth-order valence-electron chi connectivity index (χ4n) is 2.32. The summed E-state index contributed by atoms with van der Waals surface area (Å²) < 4.78 is 10.5. The molecule has 0 atom stereocenters. The summed E-state index contributed by atoms with van der Waals surface area (Å²) in [5.41, 5.74) is 0. The highest BCUT2D eigenvalue weighted by atomic mass is 16.6. The summed E-state index contributed by atoms with van der Waals surface area (Å²) in [6.07, 6.45) is 6.83. The van der Waals surface area contributed by atoms with Crippen LogP contribution in [-0.4, -0.2) is 48.5 Å². The van der Waals surface area contributed by atoms with Crippen molar-refractivity contribution in [3.05, 3.63) is 0 Å². The van der Waals surface area contributed by atoms with Gasteiger partial charge < -0.3 is 9.47 Å². The first-order valence-electron chi connectivity index (χ1n) is 8.59. The lowest BCUT2D eigenvalue weighted by molar-refractivity contribution is -0.0381. The Hall–Kier alpha value is -1.46. The molecular formula is C16H30N2O4. The molecule has 2 amide bonds. The van der Waals surface area contributed by atoms with E-state index in [9.17, 15) is 9.59 Å². The molecule has 22 heavy (non-hydrogen) atoms. The number of carbonyl (C=O) groups is 2. The molecule has 1 heterocycles. The van der Waals surface area contributed by atoms with E-state index in [0.29, 0.717) is 26.3 Å². The highest BCUT2D eigenvalue weighted by Gasteiger charge is 2.30. The molecule has 0 spiro atoms. The van der Waals surface area contributed by atoms with Crippen molar-refractivity contribution in [3.63, 3.8) is 0 Å². The molecular weight excluding hydrogens is 284 g/mol. The van der Waals surface area contributed by atoms with E-state index in [1.165, 1.54) is 10.0 Å². The van der Waals surface area contributed by atoms with Crippen molar-refractivity contribution >= 4 is 12.2 Å². The minimum atomic E-state index is -0.443. The van der Waals surface area contributed by atoms with Crippen LogP contribution in [-0.2, 0) is 9.47 Å². The zero-order chi connectivity index (χ0) is 16.2. The number of rotatable bonds is 8. The molecule has 0 aliphatic carbocycles. The van der Waals surface area contributed by atoms with Gasteiger partial charge in [0.2, 0.25) is 0 Å². The van der Waals surface area contributed by atoms with Crippen LogP contribution in [0.5, 0.6) is 0 Å². The van der Waals surface area contributed by atoms with Crippen molar-refractivity contribution < 1.29 is 19.1 Å². The smallest absolute Gasteiger partial charge is 0.428 e. The maximum atomic E-state index is 12.1. The Morgan fingerprint density at radius 1 is 0.773 bits per heavy atom. The predicted octanol–water partition coefficient (Wildman–Crippen LogP) is 3.95. The zero-order valence-electron chi connectivity index (χ0n) is 14.0. The third-order valence-electron chi connectivity index (χ3n) is 3.65. The Kier molecular flexibility index (Phi) is 9.42. The summed E-state index contributed by atoms with van der Waals surface area (Å²) >= 11 is 0. The van der Waals surface area contributed by atoms with Gasteiger partial charge in [-0.15, -0.1) is 0 Å². The normalized spacial score (nSPS) is 14.8. The van der Waals surface area contributed by atoms with Crippen LogP contribution in [0.1, 0.15) is 65.2 Å². The molecule has 1 aliphatic heterocycles. The standard InChI is InChI=1S/C16H30N2O4/c1-3-5-9-13-21-15(19)17-11-7-8-12-18(17)16(20)22-14-10-6-4-2/h3-14H2,1-2H3. The summed E-state index contributed by atoms with van der Waals surface area (Å²) in [7, 11) is 0. The lowest BCUT2D eigenvalue weighted by Gasteiger charge is -2.36. The molecule has 0 N–H and O–H groups in total. The van der Waals surface area contributed by atoms with Gasteiger partial charge in [0.25, 0.3) is 0 Å². The second kappa shape index (κ2) is 11.2. The second-order valence-electron chi connectivity index (χ2n) is 5.60. The summed E-state index contributed by atoms with van der Waals surface area (Å²) in [6, 6.07) is 0. The van der Waals surface area contributed by atoms with Crippen molar-refractivity contribution in [1.29, 1.82) is 0 Å². The average Bonchev–Trinajstić information content (AvgIpc) is 2.55. The van der Waals surface area contributed by atoms with Gasteiger partial charge in [-0.2, -0.15) is 0 Å². The lowest BCUT2D eigenvalue weighted by Crippen LogP contribution is -2.53. The molecule has 1 aliphatic rings. The topological polar surface area (TPSA) is 59.1 Å². The van der Waals surface area contributed by atoms with E-state index >= 15 is 0 Å². The maximum absolute atomic E-state index is 12.1. The Morgan fingerprint density at radius 3 is 1.55 bits per heavy atom. The maximum Gasteiger partial charge on any atom is 0.428 e. The van der Waals surface area contributed by atoms with Gasteiger partial charge in [0.05, 0.1) is 13.2 Å². The third-order valence-corrected chi connectivity index (χ3v) is 3.65. The van der Waals surface area contributed by atoms with E-state index in [0.717, 1.165) is 51.4 Å². The monoisotopic (exact) mass is 314 g/mol. The Labute approximate surface area is 133 Å². The van der Waals surface area contributed by atoms with E-state index in [2.05, 4.69) is 13.8 Å². The van der Waals surface area contributed by atoms with Gasteiger partial charge >= 0.3 is 12.2 Å². The zero-order valence-corrected chi connectivity index (χ0v) is 14.0. The third kappa shape index (κ3) is 6.54. The lowest BCUT2D eigenvalue weighted by atomic mass is 10.2. The Balaban J connectivity index is 2.40. The Bertz CT molecular complexity index is 304. The van der Waals surface area contributed by atoms with Crippen LogP contribution < -0.4 is 0 Å². The number of carbonyl (C=O) groups excluding carboxylic acids is 2. The SMILES string of the molecule is CCCCCOC(=O)N1CCCCN1C(=O)OCCCCC. The van der Waals surface area contributed by atoms with E-state index < -0.39 is 12.2 Å². The van der Waals surface area contributed by atoms with E-state index in [4.69, 9.17) is 9.47 Å². The summed E-state index contributed by atoms with van der Waals surface area (Å²) in [5.74, 6) is 0. The van der Waals surface area contributed by atoms with Gasteiger partial charge in [-0.3, -0.25) is 0 Å². The largest absolute Gasteiger partial charge is 0.448 e. The number of hydrogen-bond donors (Lipinski definition) is 0. The van der Waals surface area contributed by atoms with Crippen LogP contribution >= 0.6 is 0 Å². The molecule has 0 aromatic rings. The van der Waals surface area contributed by atoms with Gasteiger partial charge in [0.1, 0.15) is 0 Å². The number of hydrazine groups is 1. The van der Waals surface area contributed by atoms with Crippen molar-refractivity contribution in [2.45, 2.75) is 65.2 Å². The van der Waals surface area contributed by atoms with Crippen molar-refractivity contribution in [2.75, 3.05) is 26.3 Å². The summed E-state index contributed by atoms with van der Waals surface area (Å²) in [4.78, 5) is 24.2. The van der Waals surface area contributed by atoms with Crippen LogP contribution in [0.4, 0.5) is 9.59 Å². The number of amides is 2. The second-order valence-corrected chi connectivity index (χ2v) is 5.60. The number of ether oxygens (including phenoxy) is 2. The molecule has 1 fully saturated rings. The number of hydrogen-bond acceptors (Lipinski definition) is 4. The molecule has 6 nitrogen and oxygen atoms in total. The summed E-state index contributed by atoms with van der Waals surface area (Å²) in [5, 5.41) is 2.77. The molecule has 0 aromatic heterocycles. The van der Waals surface area contributed by atoms with Gasteiger partial charge in [-0.05, 0) is 25.7 Å². The Morgan fingerprint density at radius 2 is 1.18 bits per heavy atom. The van der Waals surface area contributed by atoms with Gasteiger partial charge in [0.15, 0.2) is 0 Å². The fraction of sp³-hybridized carbons (Fsp3) is 0.875. The molecule has 1 rings (SSSR count). The first kappa shape index (κ1) is 18.6. The first-order chi connectivity index (χ1) is 10.7. The minimum absolute atomic E-state index is 0.405. The molecule has 0 bridgehead atoms. The van der Waals surface area contributed by atoms with Crippen molar-refractivity contribution in [2.24, 2.45) is 0 Å².